The first-order valence-corrected chi connectivity index (χ1v) is 4.28. The maximum Gasteiger partial charge on any atom is 0.417 e. The van der Waals surface area contributed by atoms with E-state index < -0.39 is 6.09 Å². The van der Waals surface area contributed by atoms with Gasteiger partial charge in [0.15, 0.2) is 0 Å². The van der Waals surface area contributed by atoms with Crippen LogP contribution in [0.25, 0.3) is 0 Å². The predicted octanol–water partition coefficient (Wildman–Crippen LogP) is 1.34. The molecule has 1 heterocycles. The summed E-state index contributed by atoms with van der Waals surface area (Å²) in [5.41, 5.74) is 0.908. The lowest BCUT2D eigenvalue weighted by Gasteiger charge is -2.14. The molecule has 0 saturated carbocycles. The summed E-state index contributed by atoms with van der Waals surface area (Å²) in [6, 6.07) is 9.06. The molecule has 0 aromatic heterocycles. The molecule has 1 aromatic rings. The van der Waals surface area contributed by atoms with Gasteiger partial charge >= 0.3 is 6.09 Å². The molecular formula is C10H9NO3. The molecule has 4 nitrogen and oxygen atoms in total. The van der Waals surface area contributed by atoms with Crippen LogP contribution in [0, 0.1) is 0 Å². The second-order valence-electron chi connectivity index (χ2n) is 3.02. The van der Waals surface area contributed by atoms with Gasteiger partial charge in [0.05, 0.1) is 0 Å². The number of rotatable bonds is 2. The summed E-state index contributed by atoms with van der Waals surface area (Å²) in [7, 11) is 0. The van der Waals surface area contributed by atoms with Crippen molar-refractivity contribution in [2.75, 3.05) is 6.61 Å². The van der Waals surface area contributed by atoms with Crippen LogP contribution >= 0.6 is 0 Å². The summed E-state index contributed by atoms with van der Waals surface area (Å²) < 4.78 is 4.78. The number of carbonyl (C=O) groups excluding carboxylic acids is 2. The van der Waals surface area contributed by atoms with Crippen LogP contribution in [0.2, 0.25) is 0 Å². The van der Waals surface area contributed by atoms with Crippen LogP contribution in [0.5, 0.6) is 0 Å². The van der Waals surface area contributed by atoms with Crippen molar-refractivity contribution in [1.29, 1.82) is 0 Å². The van der Waals surface area contributed by atoms with Gasteiger partial charge in [0.25, 0.3) is 0 Å². The Bertz CT molecular complexity index is 350. The van der Waals surface area contributed by atoms with E-state index in [2.05, 4.69) is 0 Å². The fraction of sp³-hybridized carbons (Fsp3) is 0.200. The Morgan fingerprint density at radius 1 is 1.36 bits per heavy atom. The Balaban J connectivity index is 2.27. The molecule has 1 aliphatic heterocycles. The van der Waals surface area contributed by atoms with Crippen LogP contribution in [0.1, 0.15) is 11.6 Å². The zero-order valence-electron chi connectivity index (χ0n) is 7.42. The number of carbonyl (C=O) groups is 2. The van der Waals surface area contributed by atoms with Gasteiger partial charge in [-0.05, 0) is 5.56 Å². The monoisotopic (exact) mass is 191 g/mol. The third kappa shape index (κ3) is 1.35. The van der Waals surface area contributed by atoms with E-state index in [1.54, 1.807) is 0 Å². The highest BCUT2D eigenvalue weighted by Crippen LogP contribution is 2.25. The average molecular weight is 191 g/mol. The van der Waals surface area contributed by atoms with Gasteiger partial charge < -0.3 is 4.74 Å². The van der Waals surface area contributed by atoms with Gasteiger partial charge in [0, 0.05) is 0 Å². The van der Waals surface area contributed by atoms with Crippen molar-refractivity contribution in [3.63, 3.8) is 0 Å². The number of imide groups is 1. The molecule has 0 aliphatic carbocycles. The predicted molar refractivity (Wildman–Crippen MR) is 48.4 cm³/mol. The third-order valence-corrected chi connectivity index (χ3v) is 2.21. The smallest absolute Gasteiger partial charge is 0.417 e. The Morgan fingerprint density at radius 2 is 2.07 bits per heavy atom. The van der Waals surface area contributed by atoms with Crippen LogP contribution in [-0.4, -0.2) is 24.0 Å². The van der Waals surface area contributed by atoms with Gasteiger partial charge in [-0.3, -0.25) is 4.79 Å². The number of benzene rings is 1. The number of cyclic esters (lactones) is 1. The van der Waals surface area contributed by atoms with E-state index in [9.17, 15) is 9.59 Å². The number of ether oxygens (including phenoxy) is 1. The van der Waals surface area contributed by atoms with Gasteiger partial charge in [0.1, 0.15) is 12.6 Å². The highest BCUT2D eigenvalue weighted by atomic mass is 16.6. The van der Waals surface area contributed by atoms with Crippen molar-refractivity contribution >= 4 is 12.5 Å². The number of hydrogen-bond acceptors (Lipinski definition) is 3. The minimum Gasteiger partial charge on any atom is -0.447 e. The number of nitrogens with zero attached hydrogens (tertiary/aromatic N) is 1. The van der Waals surface area contributed by atoms with Crippen LogP contribution in [-0.2, 0) is 9.53 Å². The Hall–Kier alpha value is -1.84. The van der Waals surface area contributed by atoms with Crippen molar-refractivity contribution in [2.24, 2.45) is 0 Å². The van der Waals surface area contributed by atoms with Gasteiger partial charge in [-0.25, -0.2) is 9.69 Å². The minimum absolute atomic E-state index is 0.238. The second-order valence-corrected chi connectivity index (χ2v) is 3.02. The van der Waals surface area contributed by atoms with Crippen molar-refractivity contribution in [2.45, 2.75) is 6.04 Å². The summed E-state index contributed by atoms with van der Waals surface area (Å²) in [6.45, 7) is 0.238. The quantitative estimate of drug-likeness (QED) is 0.662. The molecule has 0 radical (unpaired) electrons. The van der Waals surface area contributed by atoms with Gasteiger partial charge in [0.2, 0.25) is 6.41 Å². The SMILES string of the molecule is O=CN1C(=O)OC[C@H]1c1ccccc1. The summed E-state index contributed by atoms with van der Waals surface area (Å²) in [5, 5.41) is 0. The van der Waals surface area contributed by atoms with E-state index in [4.69, 9.17) is 4.74 Å². The van der Waals surface area contributed by atoms with E-state index in [1.807, 2.05) is 30.3 Å². The lowest BCUT2D eigenvalue weighted by atomic mass is 10.1. The topological polar surface area (TPSA) is 46.6 Å². The first-order chi connectivity index (χ1) is 6.83. The lowest BCUT2D eigenvalue weighted by molar-refractivity contribution is -0.116. The molecule has 2 amide bonds. The molecule has 0 spiro atoms. The molecule has 0 unspecified atom stereocenters. The maximum absolute atomic E-state index is 11.1. The molecule has 2 rings (SSSR count). The fourth-order valence-corrected chi connectivity index (χ4v) is 1.48. The van der Waals surface area contributed by atoms with E-state index in [-0.39, 0.29) is 12.6 Å². The molecule has 0 bridgehead atoms. The standard InChI is InChI=1S/C10H9NO3/c12-7-11-9(6-14-10(11)13)8-4-2-1-3-5-8/h1-5,7,9H,6H2/t9-/m0/s1. The van der Waals surface area contributed by atoms with E-state index >= 15 is 0 Å². The van der Waals surface area contributed by atoms with Crippen LogP contribution in [0.3, 0.4) is 0 Å². The molecular weight excluding hydrogens is 182 g/mol. The zero-order valence-corrected chi connectivity index (χ0v) is 7.42. The minimum atomic E-state index is -0.575. The zero-order chi connectivity index (χ0) is 9.97. The van der Waals surface area contributed by atoms with E-state index in [1.165, 1.54) is 0 Å². The number of amides is 2. The summed E-state index contributed by atoms with van der Waals surface area (Å²) in [4.78, 5) is 22.8. The Kier molecular flexibility index (Phi) is 2.18. The second kappa shape index (κ2) is 3.49. The van der Waals surface area contributed by atoms with E-state index in [0.29, 0.717) is 6.41 Å². The molecule has 1 fully saturated rings. The lowest BCUT2D eigenvalue weighted by Crippen LogP contribution is -2.25. The van der Waals surface area contributed by atoms with Gasteiger partial charge in [-0.2, -0.15) is 0 Å². The summed E-state index contributed by atoms with van der Waals surface area (Å²) in [6.07, 6.45) is -0.0682. The van der Waals surface area contributed by atoms with Gasteiger partial charge in [-0.1, -0.05) is 30.3 Å². The van der Waals surface area contributed by atoms with Crippen molar-refractivity contribution < 1.29 is 14.3 Å². The normalized spacial score (nSPS) is 20.7. The molecule has 14 heavy (non-hydrogen) atoms. The van der Waals surface area contributed by atoms with Gasteiger partial charge in [-0.15, -0.1) is 0 Å². The van der Waals surface area contributed by atoms with Crippen molar-refractivity contribution in [3.05, 3.63) is 35.9 Å². The molecule has 1 saturated heterocycles. The number of hydrogen-bond donors (Lipinski definition) is 0. The first kappa shape index (κ1) is 8.74. The fourth-order valence-electron chi connectivity index (χ4n) is 1.48. The molecule has 0 N–H and O–H groups in total. The molecule has 1 aromatic carbocycles. The largest absolute Gasteiger partial charge is 0.447 e. The summed E-state index contributed by atoms with van der Waals surface area (Å²) in [5.74, 6) is 0. The van der Waals surface area contributed by atoms with Crippen molar-refractivity contribution in [1.82, 2.24) is 4.90 Å². The van der Waals surface area contributed by atoms with Crippen LogP contribution in [0.4, 0.5) is 4.79 Å². The van der Waals surface area contributed by atoms with E-state index in [0.717, 1.165) is 10.5 Å². The molecule has 1 aliphatic rings. The van der Waals surface area contributed by atoms with Crippen LogP contribution in [0.15, 0.2) is 30.3 Å². The Morgan fingerprint density at radius 3 is 2.71 bits per heavy atom. The highest BCUT2D eigenvalue weighted by Gasteiger charge is 2.33. The first-order valence-electron chi connectivity index (χ1n) is 4.28. The molecule has 72 valence electrons. The maximum atomic E-state index is 11.1. The van der Waals surface area contributed by atoms with Crippen LogP contribution < -0.4 is 0 Å². The Labute approximate surface area is 81.1 Å². The van der Waals surface area contributed by atoms with Crippen molar-refractivity contribution in [3.8, 4) is 0 Å². The average Bonchev–Trinajstić information content (AvgIpc) is 2.61. The molecule has 1 atom stereocenters. The molecule has 4 heteroatoms. The third-order valence-electron chi connectivity index (χ3n) is 2.21. The highest BCUT2D eigenvalue weighted by molar-refractivity contribution is 5.82. The summed E-state index contributed by atoms with van der Waals surface area (Å²) >= 11 is 0.